The molecule has 4 nitrogen and oxygen atoms in total. The summed E-state index contributed by atoms with van der Waals surface area (Å²) < 4.78 is 0. The predicted molar refractivity (Wildman–Crippen MR) is 52.1 cm³/mol. The van der Waals surface area contributed by atoms with Gasteiger partial charge in [0.05, 0.1) is 0 Å². The van der Waals surface area contributed by atoms with E-state index < -0.39 is 7.58 Å². The molecule has 0 spiro atoms. The molecular formula is C7H8NO3PS. The average molecular weight is 217 g/mol. The summed E-state index contributed by atoms with van der Waals surface area (Å²) >= 11 is 1.07. The molecule has 0 fully saturated rings. The van der Waals surface area contributed by atoms with Crippen LogP contribution in [0.4, 0.5) is 0 Å². The van der Waals surface area contributed by atoms with E-state index >= 15 is 0 Å². The molecule has 0 heterocycles. The van der Waals surface area contributed by atoms with Crippen molar-refractivity contribution in [3.63, 3.8) is 0 Å². The van der Waals surface area contributed by atoms with Gasteiger partial charge in [-0.2, -0.15) is 0 Å². The highest BCUT2D eigenvalue weighted by Gasteiger charge is 1.99. The predicted octanol–water partition coefficient (Wildman–Crippen LogP) is 1.89. The first kappa shape index (κ1) is 12.3. The maximum atomic E-state index is 8.59. The van der Waals surface area contributed by atoms with Gasteiger partial charge in [-0.1, -0.05) is 18.2 Å². The van der Waals surface area contributed by atoms with Crippen LogP contribution in [0, 0.1) is 5.41 Å². The minimum atomic E-state index is -1.86. The van der Waals surface area contributed by atoms with E-state index in [0.29, 0.717) is 0 Å². The van der Waals surface area contributed by atoms with E-state index in [0.717, 1.165) is 22.4 Å². The molecule has 0 bridgehead atoms. The lowest BCUT2D eigenvalue weighted by molar-refractivity contribution is 0.505. The van der Waals surface area contributed by atoms with Crippen molar-refractivity contribution in [1.29, 1.82) is 5.41 Å². The molecule has 0 amide bonds. The Bertz CT molecular complexity index is 262. The zero-order valence-corrected chi connectivity index (χ0v) is 8.26. The number of hydrogen-bond acceptors (Lipinski definition) is 5. The molecule has 70 valence electrons. The van der Waals surface area contributed by atoms with Crippen LogP contribution in [0.15, 0.2) is 35.2 Å². The van der Waals surface area contributed by atoms with Crippen molar-refractivity contribution in [1.82, 2.24) is 0 Å². The molecule has 0 aliphatic carbocycles. The largest absolute Gasteiger partial charge is 0.342 e. The summed E-state index contributed by atoms with van der Waals surface area (Å²) in [6.45, 7) is 0. The van der Waals surface area contributed by atoms with Crippen LogP contribution in [-0.4, -0.2) is 15.9 Å². The van der Waals surface area contributed by atoms with E-state index in [1.807, 2.05) is 30.3 Å². The SMILES string of the molecule is N=C=O.OP(O)Sc1ccccc1. The average Bonchev–Trinajstić information content (AvgIpc) is 2.06. The van der Waals surface area contributed by atoms with Gasteiger partial charge in [-0.05, 0) is 23.5 Å². The summed E-state index contributed by atoms with van der Waals surface area (Å²) in [5.74, 6) is 0. The van der Waals surface area contributed by atoms with Gasteiger partial charge in [0, 0.05) is 4.90 Å². The van der Waals surface area contributed by atoms with Gasteiger partial charge in [0.1, 0.15) is 0 Å². The number of rotatable bonds is 2. The second-order valence-electron chi connectivity index (χ2n) is 1.76. The number of hydrogen-bond donors (Lipinski definition) is 3. The van der Waals surface area contributed by atoms with Crippen molar-refractivity contribution in [2.45, 2.75) is 4.90 Å². The van der Waals surface area contributed by atoms with E-state index in [1.54, 1.807) is 0 Å². The molecule has 0 saturated heterocycles. The molecule has 0 saturated carbocycles. The van der Waals surface area contributed by atoms with Crippen LogP contribution in [0.1, 0.15) is 0 Å². The van der Waals surface area contributed by atoms with Crippen molar-refractivity contribution in [3.05, 3.63) is 30.3 Å². The Morgan fingerprint density at radius 2 is 1.77 bits per heavy atom. The van der Waals surface area contributed by atoms with Gasteiger partial charge in [-0.25, -0.2) is 10.2 Å². The summed E-state index contributed by atoms with van der Waals surface area (Å²) in [4.78, 5) is 26.4. The molecule has 0 radical (unpaired) electrons. The van der Waals surface area contributed by atoms with Crippen LogP contribution in [0.25, 0.3) is 0 Å². The fraction of sp³-hybridized carbons (Fsp3) is 0. The third-order valence-electron chi connectivity index (χ3n) is 0.930. The molecule has 3 N–H and O–H groups in total. The highest BCUT2D eigenvalue weighted by atomic mass is 32.7. The summed E-state index contributed by atoms with van der Waals surface area (Å²) in [5, 5.41) is 5.40. The van der Waals surface area contributed by atoms with Crippen molar-refractivity contribution in [3.8, 4) is 0 Å². The normalized spacial score (nSPS) is 8.54. The Hall–Kier alpha value is -0.700. The Labute approximate surface area is 80.8 Å². The van der Waals surface area contributed by atoms with Crippen molar-refractivity contribution >= 4 is 25.0 Å². The van der Waals surface area contributed by atoms with Crippen LogP contribution < -0.4 is 0 Å². The standard InChI is InChI=1S/C6H7O2PS.CHNO/c7-9(8)10-6-4-2-1-3-5-6;2-1-3/h1-5,7-8H;2H. The number of carbonyl (C=O) groups excluding carboxylic acids is 1. The van der Waals surface area contributed by atoms with E-state index in [1.165, 1.54) is 0 Å². The van der Waals surface area contributed by atoms with Crippen LogP contribution in [0.5, 0.6) is 0 Å². The van der Waals surface area contributed by atoms with Crippen molar-refractivity contribution in [2.24, 2.45) is 0 Å². The Morgan fingerprint density at radius 1 is 1.31 bits per heavy atom. The molecule has 0 unspecified atom stereocenters. The van der Waals surface area contributed by atoms with Crippen LogP contribution in [-0.2, 0) is 4.79 Å². The molecule has 0 aliphatic rings. The fourth-order valence-electron chi connectivity index (χ4n) is 0.576. The molecule has 0 aliphatic heterocycles. The molecule has 13 heavy (non-hydrogen) atoms. The molecular weight excluding hydrogens is 209 g/mol. The first-order valence-electron chi connectivity index (χ1n) is 3.15. The molecule has 0 atom stereocenters. The zero-order valence-electron chi connectivity index (χ0n) is 6.54. The molecule has 6 heteroatoms. The summed E-state index contributed by atoms with van der Waals surface area (Å²) in [7, 11) is -1.86. The summed E-state index contributed by atoms with van der Waals surface area (Å²) in [6, 6.07) is 9.29. The maximum absolute atomic E-state index is 8.59. The van der Waals surface area contributed by atoms with E-state index in [9.17, 15) is 0 Å². The van der Waals surface area contributed by atoms with Crippen LogP contribution in [0.3, 0.4) is 0 Å². The van der Waals surface area contributed by atoms with Gasteiger partial charge in [0.25, 0.3) is 0 Å². The highest BCUT2D eigenvalue weighted by molar-refractivity contribution is 8.52. The van der Waals surface area contributed by atoms with Crippen molar-refractivity contribution < 1.29 is 14.6 Å². The van der Waals surface area contributed by atoms with Gasteiger partial charge < -0.3 is 9.79 Å². The van der Waals surface area contributed by atoms with Gasteiger partial charge >= 0.3 is 0 Å². The Kier molecular flexibility index (Phi) is 7.50. The Balaban J connectivity index is 0.000000424. The second-order valence-corrected chi connectivity index (χ2v) is 4.45. The van der Waals surface area contributed by atoms with Crippen LogP contribution in [0.2, 0.25) is 0 Å². The number of benzene rings is 1. The summed E-state index contributed by atoms with van der Waals surface area (Å²) in [6.07, 6.45) is 0.750. The Morgan fingerprint density at radius 3 is 2.15 bits per heavy atom. The molecule has 1 rings (SSSR count). The van der Waals surface area contributed by atoms with Crippen LogP contribution >= 0.6 is 19.0 Å². The smallest absolute Gasteiger partial charge is 0.237 e. The zero-order chi connectivity index (χ0) is 10.1. The minimum Gasteiger partial charge on any atom is -0.342 e. The lowest BCUT2D eigenvalue weighted by Gasteiger charge is -1.99. The maximum Gasteiger partial charge on any atom is 0.237 e. The first-order valence-corrected chi connectivity index (χ1v) is 5.82. The molecule has 1 aromatic rings. The third-order valence-corrected chi connectivity index (χ3v) is 2.70. The molecule has 1 aromatic carbocycles. The summed E-state index contributed by atoms with van der Waals surface area (Å²) in [5.41, 5.74) is 0. The molecule has 0 aromatic heterocycles. The number of isocyanates is 1. The van der Waals surface area contributed by atoms with Gasteiger partial charge in [0.2, 0.25) is 13.7 Å². The quantitative estimate of drug-likeness (QED) is 0.401. The number of nitrogens with one attached hydrogen (secondary N) is 1. The second kappa shape index (κ2) is 7.92. The van der Waals surface area contributed by atoms with E-state index in [4.69, 9.17) is 20.0 Å². The lowest BCUT2D eigenvalue weighted by atomic mass is 10.4. The van der Waals surface area contributed by atoms with Gasteiger partial charge in [-0.3, -0.25) is 0 Å². The van der Waals surface area contributed by atoms with Gasteiger partial charge in [-0.15, -0.1) is 0 Å². The highest BCUT2D eigenvalue weighted by Crippen LogP contribution is 2.45. The minimum absolute atomic E-state index is 0.750. The van der Waals surface area contributed by atoms with Crippen molar-refractivity contribution in [2.75, 3.05) is 0 Å². The van der Waals surface area contributed by atoms with E-state index in [2.05, 4.69) is 0 Å². The monoisotopic (exact) mass is 217 g/mol. The third kappa shape index (κ3) is 7.65. The fourth-order valence-corrected chi connectivity index (χ4v) is 1.97. The lowest BCUT2D eigenvalue weighted by Crippen LogP contribution is -1.66. The van der Waals surface area contributed by atoms with Gasteiger partial charge in [0.15, 0.2) is 0 Å². The first-order chi connectivity index (χ1) is 6.20. The topological polar surface area (TPSA) is 81.4 Å². The van der Waals surface area contributed by atoms with E-state index in [-0.39, 0.29) is 0 Å².